The summed E-state index contributed by atoms with van der Waals surface area (Å²) in [4.78, 5) is 24.6. The van der Waals surface area contributed by atoms with Crippen LogP contribution in [0, 0.1) is 0 Å². The number of amides is 1. The van der Waals surface area contributed by atoms with Gasteiger partial charge in [0.2, 0.25) is 15.9 Å². The van der Waals surface area contributed by atoms with E-state index in [4.69, 9.17) is 0 Å². The van der Waals surface area contributed by atoms with E-state index in [1.165, 1.54) is 19.8 Å². The molecular formula is C16H27N5O4S. The van der Waals surface area contributed by atoms with Crippen molar-refractivity contribution in [2.45, 2.75) is 57.0 Å². The van der Waals surface area contributed by atoms with Gasteiger partial charge in [0.15, 0.2) is 0 Å². The Hall–Kier alpha value is -1.68. The lowest BCUT2D eigenvalue weighted by Crippen LogP contribution is -2.38. The molecule has 3 rings (SSSR count). The fourth-order valence-corrected chi connectivity index (χ4v) is 4.76. The predicted molar refractivity (Wildman–Crippen MR) is 96.3 cm³/mol. The zero-order valence-electron chi connectivity index (χ0n) is 15.3. The molecule has 1 aliphatic heterocycles. The van der Waals surface area contributed by atoms with Crippen LogP contribution in [0.5, 0.6) is 0 Å². The Morgan fingerprint density at radius 3 is 2.38 bits per heavy atom. The van der Waals surface area contributed by atoms with Gasteiger partial charge in [-0.05, 0) is 25.7 Å². The summed E-state index contributed by atoms with van der Waals surface area (Å²) in [6, 6.07) is 0.210. The molecular weight excluding hydrogens is 358 g/mol. The average molecular weight is 385 g/mol. The Morgan fingerprint density at radius 2 is 1.81 bits per heavy atom. The van der Waals surface area contributed by atoms with Crippen LogP contribution in [-0.2, 0) is 28.4 Å². The molecule has 1 aromatic rings. The van der Waals surface area contributed by atoms with Crippen LogP contribution < -0.4 is 11.0 Å². The molecule has 0 spiro atoms. The van der Waals surface area contributed by atoms with E-state index in [0.717, 1.165) is 25.7 Å². The number of piperidine rings is 1. The maximum Gasteiger partial charge on any atom is 0.346 e. The molecule has 9 nitrogen and oxygen atoms in total. The van der Waals surface area contributed by atoms with Gasteiger partial charge in [-0.25, -0.2) is 22.2 Å². The molecule has 1 N–H and O–H groups in total. The first kappa shape index (κ1) is 19.1. The molecule has 26 heavy (non-hydrogen) atoms. The molecule has 1 aliphatic carbocycles. The second-order valence-electron chi connectivity index (χ2n) is 7.34. The molecule has 1 aromatic heterocycles. The molecule has 1 saturated heterocycles. The highest BCUT2D eigenvalue weighted by Gasteiger charge is 2.29. The van der Waals surface area contributed by atoms with Gasteiger partial charge in [-0.2, -0.15) is 5.10 Å². The van der Waals surface area contributed by atoms with E-state index in [9.17, 15) is 18.0 Å². The second-order valence-corrected chi connectivity index (χ2v) is 9.33. The van der Waals surface area contributed by atoms with E-state index in [1.54, 1.807) is 7.05 Å². The lowest BCUT2D eigenvalue weighted by atomic mass is 9.97. The van der Waals surface area contributed by atoms with E-state index in [-0.39, 0.29) is 30.1 Å². The van der Waals surface area contributed by atoms with Gasteiger partial charge in [0, 0.05) is 32.1 Å². The van der Waals surface area contributed by atoms with Crippen molar-refractivity contribution in [1.82, 2.24) is 24.0 Å². The third-order valence-corrected chi connectivity index (χ3v) is 6.68. The normalized spacial score (nSPS) is 20.5. The number of sulfonamides is 1. The number of carbonyl (C=O) groups is 1. The minimum Gasteiger partial charge on any atom is -0.352 e. The van der Waals surface area contributed by atoms with Crippen LogP contribution >= 0.6 is 0 Å². The van der Waals surface area contributed by atoms with Crippen LogP contribution in [0.2, 0.25) is 0 Å². The Balaban J connectivity index is 1.66. The summed E-state index contributed by atoms with van der Waals surface area (Å²) < 4.78 is 27.4. The van der Waals surface area contributed by atoms with Crippen LogP contribution in [-0.4, -0.2) is 58.4 Å². The first-order chi connectivity index (χ1) is 12.3. The molecule has 146 valence electrons. The zero-order chi connectivity index (χ0) is 18.9. The Labute approximate surface area is 153 Å². The first-order valence-electron chi connectivity index (χ1n) is 9.14. The number of nitrogens with zero attached hydrogens (tertiary/aromatic N) is 4. The fourth-order valence-electron chi connectivity index (χ4n) is 3.89. The Morgan fingerprint density at radius 1 is 1.19 bits per heavy atom. The van der Waals surface area contributed by atoms with Gasteiger partial charge in [0.1, 0.15) is 12.4 Å². The topological polar surface area (TPSA) is 106 Å². The SMILES string of the molecule is Cn1c(C2CCN(S(C)(=O)=O)CC2)nn(CC(=O)NC2CCCC2)c1=O. The van der Waals surface area contributed by atoms with Gasteiger partial charge in [0.05, 0.1) is 6.26 Å². The third kappa shape index (κ3) is 4.17. The standard InChI is InChI=1S/C16H27N5O4S/c1-19-15(12-7-9-20(10-8-12)26(2,24)25)18-21(16(19)23)11-14(22)17-13-5-3-4-6-13/h12-13H,3-11H2,1-2H3,(H,17,22). The van der Waals surface area contributed by atoms with Crippen LogP contribution in [0.4, 0.5) is 0 Å². The minimum atomic E-state index is -3.19. The van der Waals surface area contributed by atoms with Crippen molar-refractivity contribution in [2.24, 2.45) is 7.05 Å². The number of carbonyl (C=O) groups excluding carboxylic acids is 1. The zero-order valence-corrected chi connectivity index (χ0v) is 16.2. The van der Waals surface area contributed by atoms with Crippen LogP contribution in [0.1, 0.15) is 50.3 Å². The summed E-state index contributed by atoms with van der Waals surface area (Å²) in [6.07, 6.45) is 6.69. The Bertz CT molecular complexity index is 814. The van der Waals surface area contributed by atoms with Crippen LogP contribution in [0.15, 0.2) is 4.79 Å². The second kappa shape index (κ2) is 7.51. The minimum absolute atomic E-state index is 0.0184. The van der Waals surface area contributed by atoms with Crippen molar-refractivity contribution in [3.63, 3.8) is 0 Å². The maximum absolute atomic E-state index is 12.4. The van der Waals surface area contributed by atoms with Gasteiger partial charge >= 0.3 is 5.69 Å². The van der Waals surface area contributed by atoms with E-state index in [2.05, 4.69) is 10.4 Å². The smallest absolute Gasteiger partial charge is 0.346 e. The largest absolute Gasteiger partial charge is 0.352 e. The summed E-state index contributed by atoms with van der Waals surface area (Å²) in [6.45, 7) is 0.769. The van der Waals surface area contributed by atoms with E-state index in [1.807, 2.05) is 0 Å². The van der Waals surface area contributed by atoms with Gasteiger partial charge in [-0.15, -0.1) is 0 Å². The molecule has 0 radical (unpaired) electrons. The van der Waals surface area contributed by atoms with Crippen molar-refractivity contribution >= 4 is 15.9 Å². The average Bonchev–Trinajstić information content (AvgIpc) is 3.18. The van der Waals surface area contributed by atoms with Gasteiger partial charge in [-0.1, -0.05) is 12.8 Å². The quantitative estimate of drug-likeness (QED) is 0.754. The van der Waals surface area contributed by atoms with E-state index < -0.39 is 10.0 Å². The highest BCUT2D eigenvalue weighted by atomic mass is 32.2. The van der Waals surface area contributed by atoms with E-state index in [0.29, 0.717) is 31.8 Å². The molecule has 0 aromatic carbocycles. The highest BCUT2D eigenvalue weighted by molar-refractivity contribution is 7.88. The van der Waals surface area contributed by atoms with Crippen molar-refractivity contribution in [2.75, 3.05) is 19.3 Å². The number of hydrogen-bond donors (Lipinski definition) is 1. The Kier molecular flexibility index (Phi) is 5.52. The maximum atomic E-state index is 12.4. The number of hydrogen-bond acceptors (Lipinski definition) is 5. The highest BCUT2D eigenvalue weighted by Crippen LogP contribution is 2.26. The van der Waals surface area contributed by atoms with Crippen LogP contribution in [0.25, 0.3) is 0 Å². The van der Waals surface area contributed by atoms with Crippen molar-refractivity contribution in [3.05, 3.63) is 16.3 Å². The molecule has 2 heterocycles. The van der Waals surface area contributed by atoms with Gasteiger partial charge in [0.25, 0.3) is 0 Å². The van der Waals surface area contributed by atoms with Crippen LogP contribution in [0.3, 0.4) is 0 Å². The van der Waals surface area contributed by atoms with E-state index >= 15 is 0 Å². The lowest BCUT2D eigenvalue weighted by molar-refractivity contribution is -0.122. The summed E-state index contributed by atoms with van der Waals surface area (Å²) in [7, 11) is -1.53. The number of nitrogens with one attached hydrogen (secondary N) is 1. The van der Waals surface area contributed by atoms with Crippen molar-refractivity contribution in [1.29, 1.82) is 0 Å². The summed E-state index contributed by atoms with van der Waals surface area (Å²) in [5, 5.41) is 7.34. The number of rotatable bonds is 5. The number of aromatic nitrogens is 3. The molecule has 0 unspecified atom stereocenters. The monoisotopic (exact) mass is 385 g/mol. The summed E-state index contributed by atoms with van der Waals surface area (Å²) in [5.74, 6) is 0.456. The molecule has 1 amide bonds. The van der Waals surface area contributed by atoms with Crippen molar-refractivity contribution < 1.29 is 13.2 Å². The summed E-state index contributed by atoms with van der Waals surface area (Å²) >= 11 is 0. The fraction of sp³-hybridized carbons (Fsp3) is 0.812. The van der Waals surface area contributed by atoms with Crippen molar-refractivity contribution in [3.8, 4) is 0 Å². The summed E-state index contributed by atoms with van der Waals surface area (Å²) in [5.41, 5.74) is -0.313. The molecule has 2 aliphatic rings. The lowest BCUT2D eigenvalue weighted by Gasteiger charge is -2.29. The van der Waals surface area contributed by atoms with Gasteiger partial charge in [-0.3, -0.25) is 9.36 Å². The first-order valence-corrected chi connectivity index (χ1v) is 11.0. The molecule has 10 heteroatoms. The molecule has 0 bridgehead atoms. The third-order valence-electron chi connectivity index (χ3n) is 5.38. The van der Waals surface area contributed by atoms with Gasteiger partial charge < -0.3 is 5.32 Å². The molecule has 0 atom stereocenters. The predicted octanol–water partition coefficient (Wildman–Crippen LogP) is -0.220. The molecule has 2 fully saturated rings. The molecule has 1 saturated carbocycles.